The third-order valence-corrected chi connectivity index (χ3v) is 2.15. The van der Waals surface area contributed by atoms with Gasteiger partial charge < -0.3 is 9.64 Å². The van der Waals surface area contributed by atoms with Crippen LogP contribution < -0.4 is 4.90 Å². The molecule has 1 rings (SSSR count). The number of hydrogen-bond donors (Lipinski definition) is 0. The van der Waals surface area contributed by atoms with Crippen molar-refractivity contribution in [2.75, 3.05) is 19.1 Å². The highest BCUT2D eigenvalue weighted by molar-refractivity contribution is 5.87. The van der Waals surface area contributed by atoms with Gasteiger partial charge in [-0.25, -0.2) is 9.78 Å². The maximum atomic E-state index is 11.2. The van der Waals surface area contributed by atoms with Crippen molar-refractivity contribution in [1.82, 2.24) is 9.97 Å². The standard InChI is InChI=1S/C10H15N3O2/c1-7(2)13(3)9-6-11-5-8(12-9)10(14)15-4/h5-7H,1-4H3. The van der Waals surface area contributed by atoms with E-state index >= 15 is 0 Å². The Bertz CT molecular complexity index is 352. The van der Waals surface area contributed by atoms with Crippen molar-refractivity contribution in [2.24, 2.45) is 0 Å². The molecule has 1 heterocycles. The molecule has 0 radical (unpaired) electrons. The van der Waals surface area contributed by atoms with Gasteiger partial charge in [0.1, 0.15) is 5.82 Å². The Labute approximate surface area is 89.1 Å². The fourth-order valence-corrected chi connectivity index (χ4v) is 0.993. The molecule has 0 aromatic carbocycles. The molecule has 0 fully saturated rings. The van der Waals surface area contributed by atoms with Crippen molar-refractivity contribution in [3.05, 3.63) is 18.1 Å². The Morgan fingerprint density at radius 1 is 1.47 bits per heavy atom. The summed E-state index contributed by atoms with van der Waals surface area (Å²) >= 11 is 0. The zero-order valence-corrected chi connectivity index (χ0v) is 9.39. The topological polar surface area (TPSA) is 55.3 Å². The number of carbonyl (C=O) groups is 1. The number of aromatic nitrogens is 2. The van der Waals surface area contributed by atoms with Crippen LogP contribution in [0.25, 0.3) is 0 Å². The summed E-state index contributed by atoms with van der Waals surface area (Å²) in [5.41, 5.74) is 0.225. The summed E-state index contributed by atoms with van der Waals surface area (Å²) in [5.74, 6) is 0.189. The van der Waals surface area contributed by atoms with Gasteiger partial charge in [0.05, 0.1) is 19.5 Å². The number of anilines is 1. The van der Waals surface area contributed by atoms with Gasteiger partial charge in [-0.1, -0.05) is 0 Å². The third kappa shape index (κ3) is 2.65. The monoisotopic (exact) mass is 209 g/mol. The van der Waals surface area contributed by atoms with E-state index in [4.69, 9.17) is 0 Å². The van der Waals surface area contributed by atoms with Gasteiger partial charge in [-0.3, -0.25) is 4.98 Å². The fraction of sp³-hybridized carbons (Fsp3) is 0.500. The number of nitrogens with zero attached hydrogens (tertiary/aromatic N) is 3. The fourth-order valence-electron chi connectivity index (χ4n) is 0.993. The van der Waals surface area contributed by atoms with Gasteiger partial charge >= 0.3 is 5.97 Å². The second-order valence-electron chi connectivity index (χ2n) is 3.46. The lowest BCUT2D eigenvalue weighted by molar-refractivity contribution is 0.0593. The van der Waals surface area contributed by atoms with Gasteiger partial charge in [-0.15, -0.1) is 0 Å². The van der Waals surface area contributed by atoms with Crippen molar-refractivity contribution >= 4 is 11.8 Å². The minimum Gasteiger partial charge on any atom is -0.464 e. The van der Waals surface area contributed by atoms with E-state index < -0.39 is 5.97 Å². The summed E-state index contributed by atoms with van der Waals surface area (Å²) in [6, 6.07) is 0.298. The molecule has 0 bridgehead atoms. The number of hydrogen-bond acceptors (Lipinski definition) is 5. The summed E-state index contributed by atoms with van der Waals surface area (Å²) in [7, 11) is 3.22. The highest BCUT2D eigenvalue weighted by Crippen LogP contribution is 2.10. The zero-order chi connectivity index (χ0) is 11.4. The van der Waals surface area contributed by atoms with Gasteiger partial charge in [0, 0.05) is 13.1 Å². The first-order valence-electron chi connectivity index (χ1n) is 4.69. The van der Waals surface area contributed by atoms with Gasteiger partial charge in [-0.2, -0.15) is 0 Å². The van der Waals surface area contributed by atoms with Gasteiger partial charge in [0.25, 0.3) is 0 Å². The summed E-state index contributed by atoms with van der Waals surface area (Å²) in [6.07, 6.45) is 3.01. The molecular formula is C10H15N3O2. The van der Waals surface area contributed by atoms with E-state index in [1.165, 1.54) is 13.3 Å². The molecule has 0 saturated carbocycles. The van der Waals surface area contributed by atoms with E-state index in [9.17, 15) is 4.79 Å². The van der Waals surface area contributed by atoms with Crippen molar-refractivity contribution < 1.29 is 9.53 Å². The van der Waals surface area contributed by atoms with E-state index in [1.807, 2.05) is 25.8 Å². The van der Waals surface area contributed by atoms with Crippen LogP contribution in [0.15, 0.2) is 12.4 Å². The quantitative estimate of drug-likeness (QED) is 0.698. The summed E-state index contributed by atoms with van der Waals surface area (Å²) in [5, 5.41) is 0. The van der Waals surface area contributed by atoms with Crippen LogP contribution in [0.5, 0.6) is 0 Å². The molecule has 0 N–H and O–H groups in total. The Hall–Kier alpha value is -1.65. The second kappa shape index (κ2) is 4.72. The van der Waals surface area contributed by atoms with Gasteiger partial charge in [-0.05, 0) is 13.8 Å². The van der Waals surface area contributed by atoms with Crippen LogP contribution in [0.4, 0.5) is 5.82 Å². The first-order chi connectivity index (χ1) is 7.06. The molecule has 15 heavy (non-hydrogen) atoms. The maximum Gasteiger partial charge on any atom is 0.358 e. The molecule has 82 valence electrons. The number of rotatable bonds is 3. The van der Waals surface area contributed by atoms with Crippen molar-refractivity contribution in [2.45, 2.75) is 19.9 Å². The number of esters is 1. The van der Waals surface area contributed by atoms with E-state index in [0.29, 0.717) is 11.9 Å². The first kappa shape index (κ1) is 11.4. The molecule has 0 aliphatic heterocycles. The summed E-state index contributed by atoms with van der Waals surface area (Å²) < 4.78 is 4.57. The van der Waals surface area contributed by atoms with Crippen LogP contribution in [-0.2, 0) is 4.74 Å². The van der Waals surface area contributed by atoms with E-state index in [1.54, 1.807) is 6.20 Å². The summed E-state index contributed by atoms with van der Waals surface area (Å²) in [4.78, 5) is 21.3. The minimum atomic E-state index is -0.471. The lowest BCUT2D eigenvalue weighted by Gasteiger charge is -2.22. The normalized spacial score (nSPS) is 10.2. The Morgan fingerprint density at radius 3 is 2.67 bits per heavy atom. The average molecular weight is 209 g/mol. The lowest BCUT2D eigenvalue weighted by Crippen LogP contribution is -2.27. The molecule has 0 aliphatic carbocycles. The second-order valence-corrected chi connectivity index (χ2v) is 3.46. The van der Waals surface area contributed by atoms with Crippen molar-refractivity contribution in [1.29, 1.82) is 0 Å². The largest absolute Gasteiger partial charge is 0.464 e. The van der Waals surface area contributed by atoms with E-state index in [-0.39, 0.29) is 5.69 Å². The van der Waals surface area contributed by atoms with Crippen molar-refractivity contribution in [3.8, 4) is 0 Å². The molecule has 0 saturated heterocycles. The maximum absolute atomic E-state index is 11.2. The molecule has 0 unspecified atom stereocenters. The van der Waals surface area contributed by atoms with Crippen LogP contribution in [-0.4, -0.2) is 36.1 Å². The highest BCUT2D eigenvalue weighted by Gasteiger charge is 2.12. The van der Waals surface area contributed by atoms with Crippen LogP contribution in [0.2, 0.25) is 0 Å². The third-order valence-electron chi connectivity index (χ3n) is 2.15. The molecule has 1 aromatic rings. The van der Waals surface area contributed by atoms with Crippen LogP contribution in [0, 0.1) is 0 Å². The lowest BCUT2D eigenvalue weighted by atomic mass is 10.3. The highest BCUT2D eigenvalue weighted by atomic mass is 16.5. The van der Waals surface area contributed by atoms with Crippen molar-refractivity contribution in [3.63, 3.8) is 0 Å². The van der Waals surface area contributed by atoms with E-state index in [2.05, 4.69) is 14.7 Å². The zero-order valence-electron chi connectivity index (χ0n) is 9.39. The Kier molecular flexibility index (Phi) is 3.60. The Morgan fingerprint density at radius 2 is 2.13 bits per heavy atom. The van der Waals surface area contributed by atoms with Crippen LogP contribution >= 0.6 is 0 Å². The summed E-state index contributed by atoms with van der Waals surface area (Å²) in [6.45, 7) is 4.07. The molecule has 1 aromatic heterocycles. The van der Waals surface area contributed by atoms with Gasteiger partial charge in [0.2, 0.25) is 0 Å². The predicted octanol–water partition coefficient (Wildman–Crippen LogP) is 1.11. The molecular weight excluding hydrogens is 194 g/mol. The molecule has 0 aliphatic rings. The number of methoxy groups -OCH3 is 1. The Balaban J connectivity index is 2.97. The first-order valence-corrected chi connectivity index (χ1v) is 4.69. The predicted molar refractivity (Wildman–Crippen MR) is 56.9 cm³/mol. The SMILES string of the molecule is COC(=O)c1cncc(N(C)C(C)C)n1. The van der Waals surface area contributed by atoms with Crippen LogP contribution in [0.3, 0.4) is 0 Å². The smallest absolute Gasteiger partial charge is 0.358 e. The number of carbonyl (C=O) groups excluding carboxylic acids is 1. The van der Waals surface area contributed by atoms with Crippen LogP contribution in [0.1, 0.15) is 24.3 Å². The number of ether oxygens (including phenoxy) is 1. The minimum absolute atomic E-state index is 0.225. The molecule has 5 nitrogen and oxygen atoms in total. The van der Waals surface area contributed by atoms with E-state index in [0.717, 1.165) is 0 Å². The molecule has 0 atom stereocenters. The molecule has 5 heteroatoms. The average Bonchev–Trinajstić information content (AvgIpc) is 2.27. The molecule has 0 spiro atoms. The van der Waals surface area contributed by atoms with Gasteiger partial charge in [0.15, 0.2) is 5.69 Å². The molecule has 0 amide bonds.